The molecule has 0 bridgehead atoms. The molecule has 92 valence electrons. The summed E-state index contributed by atoms with van der Waals surface area (Å²) in [6, 6.07) is 14.3. The quantitative estimate of drug-likeness (QED) is 0.555. The van der Waals surface area contributed by atoms with Gasteiger partial charge in [-0.15, -0.1) is 10.2 Å². The Labute approximate surface area is 113 Å². The predicted octanol–water partition coefficient (Wildman–Crippen LogP) is 3.07. The number of tetrazole rings is 1. The van der Waals surface area contributed by atoms with Crippen molar-refractivity contribution in [2.45, 2.75) is 9.79 Å². The fourth-order valence-corrected chi connectivity index (χ4v) is 3.14. The molecule has 3 aromatic rings. The molecule has 5 nitrogen and oxygen atoms in total. The molecule has 6 heteroatoms. The van der Waals surface area contributed by atoms with E-state index in [1.165, 1.54) is 9.79 Å². The van der Waals surface area contributed by atoms with Gasteiger partial charge in [-0.05, 0) is 29.5 Å². The second-order valence-electron chi connectivity index (χ2n) is 4.14. The monoisotopic (exact) mass is 267 g/mol. The van der Waals surface area contributed by atoms with E-state index in [0.717, 1.165) is 16.9 Å². The summed E-state index contributed by atoms with van der Waals surface area (Å²) in [6.45, 7) is 0. The van der Waals surface area contributed by atoms with E-state index in [0.29, 0.717) is 5.82 Å². The molecule has 4 rings (SSSR count). The van der Waals surface area contributed by atoms with Gasteiger partial charge in [0.15, 0.2) is 0 Å². The Hall–Kier alpha value is -2.34. The summed E-state index contributed by atoms with van der Waals surface area (Å²) in [5.74, 6) is 0.601. The Balaban J connectivity index is 1.88. The molecule has 1 aliphatic rings. The molecule has 0 saturated heterocycles. The zero-order chi connectivity index (χ0) is 12.7. The second kappa shape index (κ2) is 4.10. The van der Waals surface area contributed by atoms with E-state index in [9.17, 15) is 0 Å². The van der Waals surface area contributed by atoms with Gasteiger partial charge < -0.3 is 5.32 Å². The molecular formula is C13H9N5S. The fraction of sp³-hybridized carbons (Fsp3) is 0. The van der Waals surface area contributed by atoms with Crippen LogP contribution in [0, 0.1) is 0 Å². The lowest BCUT2D eigenvalue weighted by atomic mass is 10.1. The number of anilines is 2. The number of nitrogens with zero attached hydrogens (tertiary/aromatic N) is 3. The van der Waals surface area contributed by atoms with Crippen molar-refractivity contribution < 1.29 is 0 Å². The standard InChI is InChI=1S/C13H9N5S/c1-2-6-10-9(5-1)14-12-8(13-15-17-18-16-13)4-3-7-11(12)19-10/h1-7,14H,(H,15,16,17,18). The first-order valence-electron chi connectivity index (χ1n) is 5.82. The minimum absolute atomic E-state index is 0.601. The molecule has 0 amide bonds. The summed E-state index contributed by atoms with van der Waals surface area (Å²) < 4.78 is 0. The van der Waals surface area contributed by atoms with Gasteiger partial charge in [0, 0.05) is 15.4 Å². The number of H-pyrrole nitrogens is 1. The van der Waals surface area contributed by atoms with Crippen LogP contribution < -0.4 is 5.32 Å². The van der Waals surface area contributed by atoms with Crippen LogP contribution >= 0.6 is 11.8 Å². The number of benzene rings is 2. The molecule has 2 aromatic carbocycles. The smallest absolute Gasteiger partial charge is 0.206 e. The van der Waals surface area contributed by atoms with Crippen molar-refractivity contribution in [3.05, 3.63) is 42.5 Å². The van der Waals surface area contributed by atoms with Crippen LogP contribution in [0.2, 0.25) is 0 Å². The van der Waals surface area contributed by atoms with Crippen LogP contribution in [0.3, 0.4) is 0 Å². The lowest BCUT2D eigenvalue weighted by molar-refractivity contribution is 0.881. The van der Waals surface area contributed by atoms with Crippen molar-refractivity contribution in [1.29, 1.82) is 0 Å². The summed E-state index contributed by atoms with van der Waals surface area (Å²) in [5.41, 5.74) is 3.09. The molecule has 0 spiro atoms. The highest BCUT2D eigenvalue weighted by atomic mass is 32.2. The number of rotatable bonds is 1. The summed E-state index contributed by atoms with van der Waals surface area (Å²) in [7, 11) is 0. The van der Waals surface area contributed by atoms with Crippen LogP contribution in [0.15, 0.2) is 52.3 Å². The van der Waals surface area contributed by atoms with Crippen LogP contribution in [0.4, 0.5) is 11.4 Å². The van der Waals surface area contributed by atoms with Crippen LogP contribution in [0.25, 0.3) is 11.4 Å². The number of hydrogen-bond acceptors (Lipinski definition) is 5. The van der Waals surface area contributed by atoms with Gasteiger partial charge in [-0.3, -0.25) is 0 Å². The summed E-state index contributed by atoms with van der Waals surface area (Å²) in [5, 5.41) is 17.7. The molecule has 0 saturated carbocycles. The van der Waals surface area contributed by atoms with Gasteiger partial charge in [0.2, 0.25) is 5.82 Å². The maximum absolute atomic E-state index is 4.05. The number of para-hydroxylation sites is 2. The van der Waals surface area contributed by atoms with Crippen LogP contribution in [0.1, 0.15) is 0 Å². The second-order valence-corrected chi connectivity index (χ2v) is 5.22. The summed E-state index contributed by atoms with van der Waals surface area (Å²) in [4.78, 5) is 2.39. The topological polar surface area (TPSA) is 66.5 Å². The average Bonchev–Trinajstić information content (AvgIpc) is 2.98. The largest absolute Gasteiger partial charge is 0.353 e. The Morgan fingerprint density at radius 3 is 2.74 bits per heavy atom. The Kier molecular flexibility index (Phi) is 2.28. The number of hydrogen-bond donors (Lipinski definition) is 2. The molecule has 0 radical (unpaired) electrons. The first-order valence-corrected chi connectivity index (χ1v) is 6.64. The maximum Gasteiger partial charge on any atom is 0.206 e. The van der Waals surface area contributed by atoms with Crippen molar-refractivity contribution >= 4 is 23.1 Å². The van der Waals surface area contributed by atoms with Gasteiger partial charge in [0.1, 0.15) is 0 Å². The highest BCUT2D eigenvalue weighted by molar-refractivity contribution is 7.99. The third-order valence-corrected chi connectivity index (χ3v) is 4.12. The minimum atomic E-state index is 0.601. The molecule has 2 N–H and O–H groups in total. The lowest BCUT2D eigenvalue weighted by Crippen LogP contribution is -2.01. The van der Waals surface area contributed by atoms with E-state index in [1.807, 2.05) is 24.3 Å². The zero-order valence-electron chi connectivity index (χ0n) is 9.79. The number of nitrogens with one attached hydrogen (secondary N) is 2. The van der Waals surface area contributed by atoms with E-state index in [2.05, 4.69) is 44.1 Å². The lowest BCUT2D eigenvalue weighted by Gasteiger charge is -2.22. The van der Waals surface area contributed by atoms with Crippen LogP contribution in [0.5, 0.6) is 0 Å². The zero-order valence-corrected chi connectivity index (χ0v) is 10.6. The normalized spacial score (nSPS) is 12.4. The van der Waals surface area contributed by atoms with Gasteiger partial charge >= 0.3 is 0 Å². The Bertz CT molecular complexity index is 739. The Morgan fingerprint density at radius 1 is 0.947 bits per heavy atom. The highest BCUT2D eigenvalue weighted by Gasteiger charge is 2.20. The van der Waals surface area contributed by atoms with Gasteiger partial charge in [-0.2, -0.15) is 5.21 Å². The number of fused-ring (bicyclic) bond motifs is 2. The van der Waals surface area contributed by atoms with E-state index < -0.39 is 0 Å². The Morgan fingerprint density at radius 2 is 1.84 bits per heavy atom. The maximum atomic E-state index is 4.05. The molecule has 19 heavy (non-hydrogen) atoms. The number of aromatic nitrogens is 4. The first kappa shape index (κ1) is 10.6. The van der Waals surface area contributed by atoms with Crippen molar-refractivity contribution in [2.24, 2.45) is 0 Å². The van der Waals surface area contributed by atoms with E-state index in [1.54, 1.807) is 11.8 Å². The molecule has 0 atom stereocenters. The molecule has 2 heterocycles. The average molecular weight is 267 g/mol. The predicted molar refractivity (Wildman–Crippen MR) is 73.5 cm³/mol. The summed E-state index contributed by atoms with van der Waals surface area (Å²) in [6.07, 6.45) is 0. The van der Waals surface area contributed by atoms with Crippen LogP contribution in [-0.4, -0.2) is 20.6 Å². The van der Waals surface area contributed by atoms with Crippen molar-refractivity contribution in [3.8, 4) is 11.4 Å². The van der Waals surface area contributed by atoms with E-state index in [-0.39, 0.29) is 0 Å². The van der Waals surface area contributed by atoms with E-state index in [4.69, 9.17) is 0 Å². The number of aromatic amines is 1. The molecule has 0 unspecified atom stereocenters. The van der Waals surface area contributed by atoms with Gasteiger partial charge in [0.05, 0.1) is 11.4 Å². The van der Waals surface area contributed by atoms with Crippen molar-refractivity contribution in [1.82, 2.24) is 20.6 Å². The fourth-order valence-electron chi connectivity index (χ4n) is 2.12. The van der Waals surface area contributed by atoms with Gasteiger partial charge in [-0.25, -0.2) is 0 Å². The molecule has 1 aromatic heterocycles. The molecule has 1 aliphatic heterocycles. The SMILES string of the molecule is c1ccc2c(c1)Nc1c(cccc1-c1nn[nH]n1)S2. The van der Waals surface area contributed by atoms with Gasteiger partial charge in [-0.1, -0.05) is 30.0 Å². The molecule has 0 aliphatic carbocycles. The van der Waals surface area contributed by atoms with Crippen LogP contribution in [-0.2, 0) is 0 Å². The first-order chi connectivity index (χ1) is 9.42. The molecule has 0 fully saturated rings. The van der Waals surface area contributed by atoms with Crippen molar-refractivity contribution in [2.75, 3.05) is 5.32 Å². The third kappa shape index (κ3) is 1.68. The molecular weight excluding hydrogens is 258 g/mol. The highest BCUT2D eigenvalue weighted by Crippen LogP contribution is 2.46. The summed E-state index contributed by atoms with van der Waals surface area (Å²) >= 11 is 1.75. The van der Waals surface area contributed by atoms with E-state index >= 15 is 0 Å². The van der Waals surface area contributed by atoms with Gasteiger partial charge in [0.25, 0.3) is 0 Å². The third-order valence-electron chi connectivity index (χ3n) is 2.98. The minimum Gasteiger partial charge on any atom is -0.353 e. The van der Waals surface area contributed by atoms with Crippen molar-refractivity contribution in [3.63, 3.8) is 0 Å².